The van der Waals surface area contributed by atoms with E-state index < -0.39 is 12.1 Å². The number of benzene rings is 1. The lowest BCUT2D eigenvalue weighted by atomic mass is 10.2. The van der Waals surface area contributed by atoms with Crippen molar-refractivity contribution in [3.8, 4) is 11.6 Å². The summed E-state index contributed by atoms with van der Waals surface area (Å²) in [6.45, 7) is 0. The van der Waals surface area contributed by atoms with E-state index in [0.717, 1.165) is 12.1 Å². The van der Waals surface area contributed by atoms with Gasteiger partial charge in [-0.3, -0.25) is 0 Å². The highest BCUT2D eigenvalue weighted by molar-refractivity contribution is 7.80. The largest absolute Gasteiger partial charge is 0.573 e. The first-order chi connectivity index (χ1) is 10.2. The first kappa shape index (κ1) is 16.0. The van der Waals surface area contributed by atoms with Crippen LogP contribution in [0.5, 0.6) is 11.6 Å². The van der Waals surface area contributed by atoms with E-state index in [1.54, 1.807) is 14.1 Å². The van der Waals surface area contributed by atoms with Crippen molar-refractivity contribution in [1.29, 1.82) is 0 Å². The van der Waals surface area contributed by atoms with Crippen LogP contribution < -0.4 is 4.74 Å². The second kappa shape index (κ2) is 5.79. The lowest BCUT2D eigenvalue weighted by Crippen LogP contribution is -2.17. The third-order valence-electron chi connectivity index (χ3n) is 2.58. The topological polar surface area (TPSA) is 73.2 Å². The van der Waals surface area contributed by atoms with Crippen LogP contribution in [0.2, 0.25) is 0 Å². The standard InChI is InChI=1S/C12H11F3N4O2S/c1-19(2)11(22)18-17-9-7-5-6(21-12(13,14)15)3-4-8(7)16-10(9)20/h3-5,16,20H,1-2H3. The Bertz CT molecular complexity index is 740. The molecule has 0 saturated carbocycles. The molecule has 2 aromatic rings. The first-order valence-corrected chi connectivity index (χ1v) is 6.31. The van der Waals surface area contributed by atoms with Crippen LogP contribution in [-0.2, 0) is 0 Å². The minimum Gasteiger partial charge on any atom is -0.493 e. The zero-order valence-corrected chi connectivity index (χ0v) is 12.3. The zero-order valence-electron chi connectivity index (χ0n) is 11.5. The van der Waals surface area contributed by atoms with Gasteiger partial charge in [0, 0.05) is 19.5 Å². The van der Waals surface area contributed by atoms with E-state index in [4.69, 9.17) is 12.2 Å². The Morgan fingerprint density at radius 1 is 1.36 bits per heavy atom. The lowest BCUT2D eigenvalue weighted by molar-refractivity contribution is -0.274. The van der Waals surface area contributed by atoms with Gasteiger partial charge < -0.3 is 19.7 Å². The maximum absolute atomic E-state index is 12.2. The van der Waals surface area contributed by atoms with Crippen LogP contribution in [0.3, 0.4) is 0 Å². The molecule has 0 amide bonds. The predicted octanol–water partition coefficient (Wildman–Crippen LogP) is 3.70. The van der Waals surface area contributed by atoms with Gasteiger partial charge >= 0.3 is 6.36 Å². The molecular weight excluding hydrogens is 321 g/mol. The van der Waals surface area contributed by atoms with Crippen molar-refractivity contribution < 1.29 is 23.0 Å². The summed E-state index contributed by atoms with van der Waals surface area (Å²) in [6, 6.07) is 3.56. The molecule has 118 valence electrons. The third-order valence-corrected chi connectivity index (χ3v) is 3.02. The normalized spacial score (nSPS) is 12.0. The molecule has 0 radical (unpaired) electrons. The summed E-state index contributed by atoms with van der Waals surface area (Å²) in [6.07, 6.45) is -4.81. The van der Waals surface area contributed by atoms with Crippen LogP contribution in [0.1, 0.15) is 0 Å². The Morgan fingerprint density at radius 2 is 2.05 bits per heavy atom. The highest BCUT2D eigenvalue weighted by Crippen LogP contribution is 2.38. The number of hydrogen-bond donors (Lipinski definition) is 2. The van der Waals surface area contributed by atoms with Crippen molar-refractivity contribution in [2.75, 3.05) is 14.1 Å². The maximum Gasteiger partial charge on any atom is 0.573 e. The van der Waals surface area contributed by atoms with E-state index in [2.05, 4.69) is 19.9 Å². The van der Waals surface area contributed by atoms with Gasteiger partial charge in [-0.1, -0.05) is 0 Å². The van der Waals surface area contributed by atoms with Gasteiger partial charge in [0.2, 0.25) is 11.0 Å². The molecule has 2 rings (SSSR count). The molecule has 1 aromatic carbocycles. The average Bonchev–Trinajstić information content (AvgIpc) is 2.69. The van der Waals surface area contributed by atoms with Gasteiger partial charge in [-0.15, -0.1) is 23.4 Å². The van der Waals surface area contributed by atoms with Gasteiger partial charge in [0.1, 0.15) is 5.75 Å². The van der Waals surface area contributed by atoms with E-state index in [1.807, 2.05) is 0 Å². The van der Waals surface area contributed by atoms with Gasteiger partial charge in [0.15, 0.2) is 5.69 Å². The third kappa shape index (κ3) is 3.64. The monoisotopic (exact) mass is 332 g/mol. The van der Waals surface area contributed by atoms with Crippen LogP contribution in [0.25, 0.3) is 10.9 Å². The Kier molecular flexibility index (Phi) is 4.22. The summed E-state index contributed by atoms with van der Waals surface area (Å²) in [4.78, 5) is 4.09. The predicted molar refractivity (Wildman–Crippen MR) is 77.4 cm³/mol. The van der Waals surface area contributed by atoms with E-state index >= 15 is 0 Å². The van der Waals surface area contributed by atoms with Crippen molar-refractivity contribution in [3.05, 3.63) is 18.2 Å². The minimum atomic E-state index is -4.81. The number of nitrogens with one attached hydrogen (secondary N) is 1. The molecule has 0 atom stereocenters. The summed E-state index contributed by atoms with van der Waals surface area (Å²) < 4.78 is 40.6. The SMILES string of the molecule is CN(C)C(=S)N=Nc1c(O)[nH]c2ccc(OC(F)(F)F)cc12. The Hall–Kier alpha value is -2.36. The number of fused-ring (bicyclic) bond motifs is 1. The van der Waals surface area contributed by atoms with Gasteiger partial charge in [-0.05, 0) is 30.4 Å². The number of thiocarbonyl (C=S) groups is 1. The molecule has 2 N–H and O–H groups in total. The highest BCUT2D eigenvalue weighted by atomic mass is 32.1. The number of aromatic hydroxyl groups is 1. The molecule has 0 aliphatic rings. The second-order valence-electron chi connectivity index (χ2n) is 4.45. The van der Waals surface area contributed by atoms with E-state index in [0.29, 0.717) is 5.52 Å². The Labute approximate surface area is 128 Å². The number of nitrogens with zero attached hydrogens (tertiary/aromatic N) is 3. The summed E-state index contributed by atoms with van der Waals surface area (Å²) in [5.74, 6) is -0.755. The minimum absolute atomic E-state index is 0.0215. The van der Waals surface area contributed by atoms with E-state index in [1.165, 1.54) is 11.0 Å². The molecule has 0 fully saturated rings. The summed E-state index contributed by atoms with van der Waals surface area (Å²) >= 11 is 4.91. The average molecular weight is 332 g/mol. The number of aromatic nitrogens is 1. The van der Waals surface area contributed by atoms with Crippen molar-refractivity contribution in [2.45, 2.75) is 6.36 Å². The lowest BCUT2D eigenvalue weighted by Gasteiger charge is -2.08. The fourth-order valence-electron chi connectivity index (χ4n) is 1.62. The molecular formula is C12H11F3N4O2S. The quantitative estimate of drug-likeness (QED) is 0.650. The van der Waals surface area contributed by atoms with Gasteiger partial charge in [-0.2, -0.15) is 0 Å². The van der Waals surface area contributed by atoms with Crippen molar-refractivity contribution >= 4 is 33.9 Å². The zero-order chi connectivity index (χ0) is 16.5. The van der Waals surface area contributed by atoms with Crippen LogP contribution in [-0.4, -0.2) is 40.6 Å². The van der Waals surface area contributed by atoms with Gasteiger partial charge in [-0.25, -0.2) is 0 Å². The molecule has 0 unspecified atom stereocenters. The highest BCUT2D eigenvalue weighted by Gasteiger charge is 2.31. The van der Waals surface area contributed by atoms with E-state index in [9.17, 15) is 18.3 Å². The number of H-pyrrole nitrogens is 1. The molecule has 0 bridgehead atoms. The number of ether oxygens (including phenoxy) is 1. The molecule has 22 heavy (non-hydrogen) atoms. The number of alkyl halides is 3. The maximum atomic E-state index is 12.2. The fraction of sp³-hybridized carbons (Fsp3) is 0.250. The number of aromatic amines is 1. The van der Waals surface area contributed by atoms with Crippen molar-refractivity contribution in [3.63, 3.8) is 0 Å². The summed E-state index contributed by atoms with van der Waals surface area (Å²) in [5.41, 5.74) is 0.364. The van der Waals surface area contributed by atoms with Crippen molar-refractivity contribution in [1.82, 2.24) is 9.88 Å². The number of rotatable bonds is 2. The molecule has 1 heterocycles. The molecule has 0 aliphatic carbocycles. The first-order valence-electron chi connectivity index (χ1n) is 5.91. The Morgan fingerprint density at radius 3 is 2.64 bits per heavy atom. The van der Waals surface area contributed by atoms with Crippen LogP contribution >= 0.6 is 12.2 Å². The molecule has 10 heteroatoms. The van der Waals surface area contributed by atoms with Gasteiger partial charge in [0.25, 0.3) is 0 Å². The molecule has 6 nitrogen and oxygen atoms in total. The van der Waals surface area contributed by atoms with Crippen molar-refractivity contribution in [2.24, 2.45) is 10.2 Å². The number of azo groups is 1. The Balaban J connectivity index is 2.43. The number of halogens is 3. The molecule has 0 aliphatic heterocycles. The number of hydrogen-bond acceptors (Lipinski definition) is 4. The van der Waals surface area contributed by atoms with Gasteiger partial charge in [0.05, 0.1) is 5.52 Å². The fourth-order valence-corrected chi connectivity index (χ4v) is 1.66. The van der Waals surface area contributed by atoms with E-state index in [-0.39, 0.29) is 22.1 Å². The van der Waals surface area contributed by atoms with Crippen LogP contribution in [0, 0.1) is 0 Å². The molecule has 1 aromatic heterocycles. The van der Waals surface area contributed by atoms with Crippen LogP contribution in [0.15, 0.2) is 28.4 Å². The smallest absolute Gasteiger partial charge is 0.493 e. The summed E-state index contributed by atoms with van der Waals surface area (Å²) in [7, 11) is 3.32. The second-order valence-corrected chi connectivity index (χ2v) is 4.82. The molecule has 0 saturated heterocycles. The van der Waals surface area contributed by atoms with Crippen LogP contribution in [0.4, 0.5) is 18.9 Å². The summed E-state index contributed by atoms with van der Waals surface area (Å²) in [5, 5.41) is 17.7. The molecule has 0 spiro atoms.